The number of amides is 1. The average molecular weight is 345 g/mol. The molecule has 1 N–H and O–H groups in total. The van der Waals surface area contributed by atoms with Crippen LogP contribution in [-0.4, -0.2) is 24.1 Å². The molecule has 0 atom stereocenters. The van der Waals surface area contributed by atoms with Crippen molar-refractivity contribution in [2.24, 2.45) is 0 Å². The minimum Gasteiger partial charge on any atom is -0.372 e. The predicted molar refractivity (Wildman–Crippen MR) is 86.5 cm³/mol. The van der Waals surface area contributed by atoms with Crippen LogP contribution >= 0.6 is 34.5 Å². The van der Waals surface area contributed by atoms with Crippen LogP contribution in [-0.2, 0) is 16.0 Å². The van der Waals surface area contributed by atoms with Crippen molar-refractivity contribution in [3.8, 4) is 0 Å². The Morgan fingerprint density at radius 3 is 2.90 bits per heavy atom. The van der Waals surface area contributed by atoms with Gasteiger partial charge in [-0.3, -0.25) is 10.1 Å². The van der Waals surface area contributed by atoms with Gasteiger partial charge in [-0.05, 0) is 24.6 Å². The Morgan fingerprint density at radius 2 is 2.19 bits per heavy atom. The molecule has 0 radical (unpaired) electrons. The van der Waals surface area contributed by atoms with E-state index in [0.29, 0.717) is 28.2 Å². The van der Waals surface area contributed by atoms with Crippen LogP contribution in [0, 0.1) is 0 Å². The summed E-state index contributed by atoms with van der Waals surface area (Å²) in [5, 5.41) is 4.33. The first-order chi connectivity index (χ1) is 10.1. The van der Waals surface area contributed by atoms with Gasteiger partial charge >= 0.3 is 0 Å². The average Bonchev–Trinajstić information content (AvgIpc) is 2.88. The highest BCUT2D eigenvalue weighted by Crippen LogP contribution is 2.26. The monoisotopic (exact) mass is 344 g/mol. The maximum Gasteiger partial charge on any atom is 0.252 e. The third kappa shape index (κ3) is 4.97. The molecule has 0 saturated carbocycles. The molecular formula is C14H14Cl2N2O2S. The van der Waals surface area contributed by atoms with Crippen LogP contribution in [0.15, 0.2) is 24.4 Å². The van der Waals surface area contributed by atoms with Crippen molar-refractivity contribution < 1.29 is 9.53 Å². The van der Waals surface area contributed by atoms with Crippen molar-refractivity contribution in [2.45, 2.75) is 13.3 Å². The Kier molecular flexibility index (Phi) is 5.99. The summed E-state index contributed by atoms with van der Waals surface area (Å²) in [6, 6.07) is 5.52. The number of carbonyl (C=O) groups excluding carboxylic acids is 1. The molecule has 1 heterocycles. The molecule has 21 heavy (non-hydrogen) atoms. The zero-order valence-electron chi connectivity index (χ0n) is 11.4. The molecule has 1 aromatic carbocycles. The van der Waals surface area contributed by atoms with Gasteiger partial charge in [0.25, 0.3) is 5.91 Å². The number of ether oxygens (including phenoxy) is 1. The largest absolute Gasteiger partial charge is 0.372 e. The van der Waals surface area contributed by atoms with E-state index >= 15 is 0 Å². The summed E-state index contributed by atoms with van der Waals surface area (Å²) < 4.78 is 5.03. The molecule has 2 rings (SSSR count). The minimum absolute atomic E-state index is 0.0399. The highest BCUT2D eigenvalue weighted by Gasteiger charge is 2.08. The molecule has 112 valence electrons. The van der Waals surface area contributed by atoms with Crippen molar-refractivity contribution in [2.75, 3.05) is 18.5 Å². The van der Waals surface area contributed by atoms with Crippen LogP contribution in [0.2, 0.25) is 10.0 Å². The van der Waals surface area contributed by atoms with Crippen molar-refractivity contribution in [1.82, 2.24) is 4.98 Å². The smallest absolute Gasteiger partial charge is 0.252 e. The molecule has 2 aromatic rings. The Bertz CT molecular complexity index is 631. The third-order valence-corrected chi connectivity index (χ3v) is 4.25. The Labute approximate surface area is 137 Å². The van der Waals surface area contributed by atoms with Gasteiger partial charge in [0, 0.05) is 24.1 Å². The maximum atomic E-state index is 11.5. The zero-order chi connectivity index (χ0) is 15.2. The highest BCUT2D eigenvalue weighted by atomic mass is 35.5. The number of anilines is 1. The van der Waals surface area contributed by atoms with Crippen molar-refractivity contribution in [3.63, 3.8) is 0 Å². The molecule has 0 unspecified atom stereocenters. The van der Waals surface area contributed by atoms with Crippen LogP contribution in [0.5, 0.6) is 0 Å². The van der Waals surface area contributed by atoms with E-state index in [-0.39, 0.29) is 12.5 Å². The molecule has 0 aliphatic carbocycles. The number of aromatic nitrogens is 1. The highest BCUT2D eigenvalue weighted by molar-refractivity contribution is 7.15. The lowest BCUT2D eigenvalue weighted by molar-refractivity contribution is -0.120. The molecule has 0 bridgehead atoms. The van der Waals surface area contributed by atoms with E-state index < -0.39 is 0 Å². The molecule has 4 nitrogen and oxygen atoms in total. The van der Waals surface area contributed by atoms with Crippen LogP contribution in [0.1, 0.15) is 17.4 Å². The number of carbonyl (C=O) groups is 1. The fourth-order valence-electron chi connectivity index (χ4n) is 1.65. The lowest BCUT2D eigenvalue weighted by Gasteiger charge is -2.01. The van der Waals surface area contributed by atoms with Gasteiger partial charge in [-0.15, -0.1) is 11.3 Å². The second-order valence-electron chi connectivity index (χ2n) is 4.24. The maximum absolute atomic E-state index is 11.5. The Morgan fingerprint density at radius 1 is 1.38 bits per heavy atom. The number of halogens is 2. The Hall–Kier alpha value is -1.14. The van der Waals surface area contributed by atoms with Gasteiger partial charge in [-0.25, -0.2) is 4.98 Å². The number of rotatable bonds is 6. The minimum atomic E-state index is -0.202. The summed E-state index contributed by atoms with van der Waals surface area (Å²) in [4.78, 5) is 16.7. The second kappa shape index (κ2) is 7.75. The SMILES string of the molecule is CCOCC(=O)Nc1ncc(Cc2ccc(Cl)c(Cl)c2)s1. The molecule has 0 saturated heterocycles. The van der Waals surface area contributed by atoms with Gasteiger partial charge in [-0.2, -0.15) is 0 Å². The molecule has 0 fully saturated rings. The number of hydrogen-bond donors (Lipinski definition) is 1. The zero-order valence-corrected chi connectivity index (χ0v) is 13.7. The predicted octanol–water partition coefficient (Wildman–Crippen LogP) is 4.02. The summed E-state index contributed by atoms with van der Waals surface area (Å²) in [6.45, 7) is 2.39. The molecule has 7 heteroatoms. The topological polar surface area (TPSA) is 51.2 Å². The lowest BCUT2D eigenvalue weighted by atomic mass is 10.1. The number of hydrogen-bond acceptors (Lipinski definition) is 4. The first-order valence-corrected chi connectivity index (χ1v) is 7.92. The van der Waals surface area contributed by atoms with Crippen LogP contribution in [0.3, 0.4) is 0 Å². The number of thiazole rings is 1. The number of nitrogens with one attached hydrogen (secondary N) is 1. The van der Waals surface area contributed by atoms with Crippen molar-refractivity contribution in [1.29, 1.82) is 0 Å². The van der Waals surface area contributed by atoms with Crippen LogP contribution < -0.4 is 5.32 Å². The standard InChI is InChI=1S/C14H14Cl2N2O2S/c1-2-20-8-13(19)18-14-17-7-10(21-14)5-9-3-4-11(15)12(16)6-9/h3-4,6-7H,2,5,8H2,1H3,(H,17,18,19). The van der Waals surface area contributed by atoms with E-state index in [4.69, 9.17) is 27.9 Å². The quantitative estimate of drug-likeness (QED) is 0.860. The van der Waals surface area contributed by atoms with E-state index in [2.05, 4.69) is 10.3 Å². The lowest BCUT2D eigenvalue weighted by Crippen LogP contribution is -2.17. The van der Waals surface area contributed by atoms with Gasteiger partial charge < -0.3 is 4.74 Å². The fourth-order valence-corrected chi connectivity index (χ4v) is 2.83. The molecule has 0 aliphatic rings. The first kappa shape index (κ1) is 16.2. The van der Waals surface area contributed by atoms with E-state index in [1.165, 1.54) is 11.3 Å². The summed E-state index contributed by atoms with van der Waals surface area (Å²) in [6.07, 6.45) is 2.43. The van der Waals surface area contributed by atoms with E-state index in [1.807, 2.05) is 19.1 Å². The summed E-state index contributed by atoms with van der Waals surface area (Å²) >= 11 is 13.3. The normalized spacial score (nSPS) is 10.6. The molecule has 0 aliphatic heterocycles. The van der Waals surface area contributed by atoms with Gasteiger partial charge in [0.2, 0.25) is 0 Å². The van der Waals surface area contributed by atoms with Crippen molar-refractivity contribution in [3.05, 3.63) is 44.9 Å². The molecule has 1 amide bonds. The molecule has 1 aromatic heterocycles. The number of benzene rings is 1. The van der Waals surface area contributed by atoms with E-state index in [0.717, 1.165) is 10.4 Å². The van der Waals surface area contributed by atoms with Crippen LogP contribution in [0.25, 0.3) is 0 Å². The van der Waals surface area contributed by atoms with E-state index in [1.54, 1.807) is 12.3 Å². The molecular weight excluding hydrogens is 331 g/mol. The van der Waals surface area contributed by atoms with Gasteiger partial charge in [0.15, 0.2) is 5.13 Å². The second-order valence-corrected chi connectivity index (χ2v) is 6.17. The van der Waals surface area contributed by atoms with Gasteiger partial charge in [-0.1, -0.05) is 29.3 Å². The molecule has 0 spiro atoms. The van der Waals surface area contributed by atoms with E-state index in [9.17, 15) is 4.79 Å². The first-order valence-electron chi connectivity index (χ1n) is 6.34. The van der Waals surface area contributed by atoms with Crippen LogP contribution in [0.4, 0.5) is 5.13 Å². The summed E-state index contributed by atoms with van der Waals surface area (Å²) in [5.74, 6) is -0.202. The van der Waals surface area contributed by atoms with Gasteiger partial charge in [0.05, 0.1) is 10.0 Å². The Balaban J connectivity index is 1.96. The van der Waals surface area contributed by atoms with Crippen molar-refractivity contribution >= 4 is 45.6 Å². The summed E-state index contributed by atoms with van der Waals surface area (Å²) in [5.41, 5.74) is 1.04. The van der Waals surface area contributed by atoms with Gasteiger partial charge in [0.1, 0.15) is 6.61 Å². The third-order valence-electron chi connectivity index (χ3n) is 2.60. The fraction of sp³-hybridized carbons (Fsp3) is 0.286. The number of nitrogens with zero attached hydrogens (tertiary/aromatic N) is 1. The summed E-state index contributed by atoms with van der Waals surface area (Å²) in [7, 11) is 0.